The summed E-state index contributed by atoms with van der Waals surface area (Å²) >= 11 is 1.63. The molecule has 2 aromatic rings. The van der Waals surface area contributed by atoms with Gasteiger partial charge in [0.1, 0.15) is 0 Å². The van der Waals surface area contributed by atoms with Crippen molar-refractivity contribution in [2.75, 3.05) is 0 Å². The van der Waals surface area contributed by atoms with Crippen molar-refractivity contribution in [2.45, 2.75) is 72.6 Å². The summed E-state index contributed by atoms with van der Waals surface area (Å²) in [6, 6.07) is 13.8. The van der Waals surface area contributed by atoms with Crippen LogP contribution < -0.4 is 3.58 Å². The van der Waals surface area contributed by atoms with Gasteiger partial charge in [-0.25, -0.2) is 0 Å². The molecule has 2 rings (SSSR count). The summed E-state index contributed by atoms with van der Waals surface area (Å²) < 4.78 is 7.76. The number of hydrogen-bond donors (Lipinski definition) is 0. The third-order valence-corrected chi connectivity index (χ3v) is 22.8. The first-order valence-electron chi connectivity index (χ1n) is 9.85. The van der Waals surface area contributed by atoms with Crippen molar-refractivity contribution in [3.05, 3.63) is 40.9 Å². The van der Waals surface area contributed by atoms with E-state index in [0.717, 1.165) is 0 Å². The molecule has 0 N–H and O–H groups in total. The van der Waals surface area contributed by atoms with Crippen LogP contribution in [0, 0.1) is 0 Å². The molecule has 0 bridgehead atoms. The molecule has 2 heteroatoms. The molecule has 0 nitrogen and oxygen atoms in total. The zero-order valence-corrected chi connectivity index (χ0v) is 20.1. The number of unbranched alkanes of at least 4 members (excludes halogenated alkanes) is 3. The first-order chi connectivity index (χ1) is 11.7. The van der Waals surface area contributed by atoms with Crippen molar-refractivity contribution in [3.63, 3.8) is 0 Å². The predicted octanol–water partition coefficient (Wildman–Crippen LogP) is 7.66. The summed E-state index contributed by atoms with van der Waals surface area (Å²) in [4.78, 5) is 0. The van der Waals surface area contributed by atoms with Gasteiger partial charge in [-0.05, 0) is 0 Å². The molecule has 0 aliphatic rings. The van der Waals surface area contributed by atoms with E-state index in [-0.39, 0.29) is 0 Å². The standard InChI is InChI=1S/C10H6Br.3C4H9.Sn/c11-10-6-5-8-3-1-2-4-9(8)7-10;3*1-3-4-2;/h1-5,7H;3*1,3-4H2,2H3;. The summed E-state index contributed by atoms with van der Waals surface area (Å²) in [5, 5.41) is 2.80. The number of rotatable bonds is 10. The average Bonchev–Trinajstić information content (AvgIpc) is 2.61. The fourth-order valence-electron chi connectivity index (χ4n) is 3.94. The Morgan fingerprint density at radius 3 is 1.67 bits per heavy atom. The van der Waals surface area contributed by atoms with E-state index in [1.165, 1.54) is 67.1 Å². The van der Waals surface area contributed by atoms with E-state index in [4.69, 9.17) is 0 Å². The molecule has 0 aromatic heterocycles. The van der Waals surface area contributed by atoms with E-state index in [0.29, 0.717) is 0 Å². The van der Waals surface area contributed by atoms with Gasteiger partial charge in [-0.2, -0.15) is 0 Å². The molecular weight excluding hydrogens is 463 g/mol. The van der Waals surface area contributed by atoms with Crippen molar-refractivity contribution < 1.29 is 0 Å². The second-order valence-corrected chi connectivity index (χ2v) is 21.3. The molecule has 24 heavy (non-hydrogen) atoms. The van der Waals surface area contributed by atoms with Gasteiger partial charge in [0.2, 0.25) is 0 Å². The van der Waals surface area contributed by atoms with Gasteiger partial charge in [0, 0.05) is 0 Å². The molecule has 0 radical (unpaired) electrons. The van der Waals surface area contributed by atoms with Crippen molar-refractivity contribution >= 4 is 48.7 Å². The van der Waals surface area contributed by atoms with Gasteiger partial charge in [0.25, 0.3) is 0 Å². The fraction of sp³-hybridized carbons (Fsp3) is 0.545. The summed E-state index contributed by atoms with van der Waals surface area (Å²) in [5.74, 6) is 0. The molecule has 0 spiro atoms. The molecule has 0 fully saturated rings. The molecule has 0 saturated carbocycles. The van der Waals surface area contributed by atoms with Gasteiger partial charge in [0.05, 0.1) is 0 Å². The third-order valence-electron chi connectivity index (χ3n) is 5.43. The van der Waals surface area contributed by atoms with E-state index in [9.17, 15) is 0 Å². The first kappa shape index (κ1) is 20.3. The summed E-state index contributed by atoms with van der Waals surface area (Å²) in [5.41, 5.74) is 0. The van der Waals surface area contributed by atoms with Gasteiger partial charge >= 0.3 is 162 Å². The molecule has 0 atom stereocenters. The number of hydrogen-bond acceptors (Lipinski definition) is 0. The second-order valence-electron chi connectivity index (χ2n) is 7.27. The van der Waals surface area contributed by atoms with Crippen LogP contribution in [-0.4, -0.2) is 18.4 Å². The van der Waals surface area contributed by atoms with Crippen LogP contribution in [-0.2, 0) is 0 Å². The Bertz CT molecular complexity index is 613. The Hall–Kier alpha value is -0.0213. The minimum absolute atomic E-state index is 1.34. The van der Waals surface area contributed by atoms with Crippen LogP contribution in [0.15, 0.2) is 40.9 Å². The monoisotopic (exact) mass is 496 g/mol. The molecule has 0 saturated heterocycles. The normalized spacial score (nSPS) is 12.0. The molecule has 0 heterocycles. The molecule has 0 unspecified atom stereocenters. The zero-order chi connectivity index (χ0) is 17.4. The Morgan fingerprint density at radius 1 is 0.750 bits per heavy atom. The van der Waals surface area contributed by atoms with Gasteiger partial charge in [-0.15, -0.1) is 0 Å². The van der Waals surface area contributed by atoms with Crippen LogP contribution in [0.2, 0.25) is 13.3 Å². The van der Waals surface area contributed by atoms with E-state index in [2.05, 4.69) is 73.1 Å². The van der Waals surface area contributed by atoms with Crippen molar-refractivity contribution in [3.8, 4) is 0 Å². The maximum absolute atomic E-state index is 3.98. The topological polar surface area (TPSA) is 0 Å². The Balaban J connectivity index is 2.51. The fourth-order valence-corrected chi connectivity index (χ4v) is 23.4. The van der Waals surface area contributed by atoms with Crippen LogP contribution in [0.25, 0.3) is 10.8 Å². The van der Waals surface area contributed by atoms with Crippen molar-refractivity contribution in [2.24, 2.45) is 0 Å². The summed E-state index contributed by atoms with van der Waals surface area (Å²) in [6.07, 6.45) is 8.26. The molecular formula is C22H33BrSn. The van der Waals surface area contributed by atoms with Crippen LogP contribution in [0.4, 0.5) is 0 Å². The van der Waals surface area contributed by atoms with E-state index >= 15 is 0 Å². The molecule has 0 aliphatic heterocycles. The molecule has 132 valence electrons. The number of benzene rings is 2. The van der Waals surface area contributed by atoms with Crippen molar-refractivity contribution in [1.29, 1.82) is 0 Å². The average molecular weight is 496 g/mol. The van der Waals surface area contributed by atoms with Crippen LogP contribution in [0.1, 0.15) is 59.3 Å². The van der Waals surface area contributed by atoms with Crippen LogP contribution >= 0.6 is 15.9 Å². The number of fused-ring (bicyclic) bond motifs is 1. The van der Waals surface area contributed by atoms with Gasteiger partial charge < -0.3 is 0 Å². The Kier molecular flexibility index (Phi) is 8.63. The maximum atomic E-state index is 3.98. The minimum atomic E-state index is -2.36. The SMILES string of the molecule is CCC[CH2][Sn]([CH2]CCC)([CH2]CCC)[c]1cc2ccccc2cc1Br. The zero-order valence-electron chi connectivity index (χ0n) is 15.7. The molecule has 0 aliphatic carbocycles. The quantitative estimate of drug-likeness (QED) is 0.297. The Morgan fingerprint density at radius 2 is 1.21 bits per heavy atom. The third kappa shape index (κ3) is 5.00. The summed E-state index contributed by atoms with van der Waals surface area (Å²) in [7, 11) is 0. The van der Waals surface area contributed by atoms with Gasteiger partial charge in [0.15, 0.2) is 0 Å². The van der Waals surface area contributed by atoms with Crippen molar-refractivity contribution in [1.82, 2.24) is 0 Å². The summed E-state index contributed by atoms with van der Waals surface area (Å²) in [6.45, 7) is 7.06. The second kappa shape index (κ2) is 10.2. The van der Waals surface area contributed by atoms with Gasteiger partial charge in [-0.3, -0.25) is 0 Å². The van der Waals surface area contributed by atoms with Crippen LogP contribution in [0.3, 0.4) is 0 Å². The van der Waals surface area contributed by atoms with Crippen LogP contribution in [0.5, 0.6) is 0 Å². The van der Waals surface area contributed by atoms with E-state index in [1.54, 1.807) is 3.58 Å². The van der Waals surface area contributed by atoms with E-state index in [1.807, 2.05) is 0 Å². The first-order valence-corrected chi connectivity index (χ1v) is 18.1. The van der Waals surface area contributed by atoms with Gasteiger partial charge in [-0.1, -0.05) is 0 Å². The Labute approximate surface area is 161 Å². The van der Waals surface area contributed by atoms with E-state index < -0.39 is 18.4 Å². The molecule has 2 aromatic carbocycles. The number of halogens is 1. The predicted molar refractivity (Wildman–Crippen MR) is 116 cm³/mol. The molecule has 0 amide bonds.